The zero-order valence-corrected chi connectivity index (χ0v) is 32.3. The van der Waals surface area contributed by atoms with Gasteiger partial charge >= 0.3 is 5.97 Å². The van der Waals surface area contributed by atoms with Gasteiger partial charge in [-0.25, -0.2) is 4.79 Å². The number of carboxylic acids is 1. The summed E-state index contributed by atoms with van der Waals surface area (Å²) >= 11 is 8.30. The number of hydrogen-bond donors (Lipinski definition) is 14. The molecule has 17 N–H and O–H groups in total. The third kappa shape index (κ3) is 19.2. The Labute approximate surface area is 319 Å². The summed E-state index contributed by atoms with van der Waals surface area (Å²) in [5.74, 6) is -6.88. The quantitative estimate of drug-likeness (QED) is 0.0179. The average Bonchev–Trinajstić information content (AvgIpc) is 3.09. The number of carboxylic acid groups (broad SMARTS) is 1. The molecule has 0 aromatic rings. The maximum absolute atomic E-state index is 13.3. The highest BCUT2D eigenvalue weighted by Crippen LogP contribution is 2.09. The fourth-order valence-corrected chi connectivity index (χ4v) is 4.90. The molecule has 53 heavy (non-hydrogen) atoms. The molecule has 21 nitrogen and oxygen atoms in total. The Balaban J connectivity index is 5.72. The third-order valence-electron chi connectivity index (χ3n) is 7.73. The van der Waals surface area contributed by atoms with Gasteiger partial charge in [-0.3, -0.25) is 38.8 Å². The lowest BCUT2D eigenvalue weighted by Gasteiger charge is -2.27. The van der Waals surface area contributed by atoms with Crippen LogP contribution in [-0.2, 0) is 33.6 Å². The lowest BCUT2D eigenvalue weighted by molar-refractivity contribution is -0.142. The summed E-state index contributed by atoms with van der Waals surface area (Å²) in [7, 11) is 0. The monoisotopic (exact) mass is 791 g/mol. The molecule has 0 fully saturated rings. The Morgan fingerprint density at radius 2 is 1.02 bits per heavy atom. The molecule has 0 saturated carbocycles. The lowest BCUT2D eigenvalue weighted by Crippen LogP contribution is -2.60. The minimum Gasteiger partial charge on any atom is -0.480 e. The first kappa shape index (κ1) is 48.5. The molecule has 0 unspecified atom stereocenters. The summed E-state index contributed by atoms with van der Waals surface area (Å²) in [4.78, 5) is 97.4. The van der Waals surface area contributed by atoms with Crippen LogP contribution in [0.25, 0.3) is 0 Å². The predicted octanol–water partition coefficient (Wildman–Crippen LogP) is -4.64. The third-order valence-corrected chi connectivity index (χ3v) is 8.46. The molecule has 0 aliphatic heterocycles. The van der Waals surface area contributed by atoms with Crippen LogP contribution in [0.15, 0.2) is 9.98 Å². The molecule has 0 aromatic carbocycles. The number of aliphatic imine (C=N–C) groups is 2. The van der Waals surface area contributed by atoms with Crippen LogP contribution in [0.3, 0.4) is 0 Å². The molecule has 0 radical (unpaired) electrons. The second kappa shape index (κ2) is 25.5. The van der Waals surface area contributed by atoms with Crippen LogP contribution in [0.2, 0.25) is 0 Å². The number of aliphatic carboxylic acids is 1. The summed E-state index contributed by atoms with van der Waals surface area (Å²) in [6.07, 6.45) is 0.920. The van der Waals surface area contributed by atoms with E-state index in [-0.39, 0.29) is 68.1 Å². The largest absolute Gasteiger partial charge is 0.480 e. The highest BCUT2D eigenvalue weighted by atomic mass is 32.1. The van der Waals surface area contributed by atoms with E-state index in [1.807, 2.05) is 6.92 Å². The van der Waals surface area contributed by atoms with Crippen molar-refractivity contribution in [2.75, 3.05) is 24.6 Å². The Hall–Kier alpha value is -4.51. The van der Waals surface area contributed by atoms with Gasteiger partial charge in [0.15, 0.2) is 11.9 Å². The van der Waals surface area contributed by atoms with Gasteiger partial charge in [0.2, 0.25) is 35.4 Å². The van der Waals surface area contributed by atoms with Gasteiger partial charge in [-0.05, 0) is 45.4 Å². The minimum absolute atomic E-state index is 0.0202. The molecule has 8 atom stereocenters. The molecular weight excluding hydrogens is 735 g/mol. The normalized spacial score (nSPS) is 15.3. The molecular formula is C30H57N13O8S2. The standard InChI is InChI=1S/C30H57N13O8S2/c1-5-14(2)21(43-22(44)15(3)31)27(49)38-16(4)23(45)41-19(12-52)26(48)42-20(13-53)25(47)39-17(8-6-10-36-29(32)33)24(46)40-18(28(50)51)9-7-11-37-30(34)35/h14-21,52-53H,5-13,31H2,1-4H3,(H,38,49)(H,39,47)(H,40,46)(H,41,45)(H,42,48)(H,43,44)(H,50,51)(H4,32,33,36)(H4,34,35,37)/t14-,15-,16-,17-,18-,19-,20-,21-/m0/s1. The van der Waals surface area contributed by atoms with Crippen molar-refractivity contribution in [3.8, 4) is 0 Å². The first-order chi connectivity index (χ1) is 24.8. The molecule has 0 aromatic heterocycles. The topological polar surface area (TPSA) is 367 Å². The molecule has 6 amide bonds. The number of nitrogens with one attached hydrogen (secondary N) is 6. The first-order valence-corrected chi connectivity index (χ1v) is 18.2. The van der Waals surface area contributed by atoms with Gasteiger partial charge in [0.1, 0.15) is 36.3 Å². The van der Waals surface area contributed by atoms with Crippen LogP contribution in [0.5, 0.6) is 0 Å². The number of guanidine groups is 2. The van der Waals surface area contributed by atoms with E-state index in [9.17, 15) is 38.7 Å². The van der Waals surface area contributed by atoms with Crippen LogP contribution in [0, 0.1) is 5.92 Å². The Morgan fingerprint density at radius 1 is 0.604 bits per heavy atom. The van der Waals surface area contributed by atoms with Crippen molar-refractivity contribution in [3.63, 3.8) is 0 Å². The van der Waals surface area contributed by atoms with E-state index >= 15 is 0 Å². The number of thiol groups is 2. The zero-order chi connectivity index (χ0) is 40.8. The van der Waals surface area contributed by atoms with Crippen LogP contribution in [-0.4, -0.2) is 125 Å². The fourth-order valence-electron chi connectivity index (χ4n) is 4.39. The van der Waals surface area contributed by atoms with Gasteiger partial charge < -0.3 is 65.7 Å². The summed E-state index contributed by atoms with van der Waals surface area (Å²) in [6.45, 7) is 6.64. The smallest absolute Gasteiger partial charge is 0.326 e. The van der Waals surface area contributed by atoms with Gasteiger partial charge in [-0.1, -0.05) is 20.3 Å². The van der Waals surface area contributed by atoms with Crippen LogP contribution >= 0.6 is 25.3 Å². The van der Waals surface area contributed by atoms with Crippen LogP contribution < -0.4 is 60.6 Å². The van der Waals surface area contributed by atoms with E-state index in [1.54, 1.807) is 6.92 Å². The molecule has 0 bridgehead atoms. The molecule has 23 heteroatoms. The number of nitrogens with zero attached hydrogens (tertiary/aromatic N) is 2. The van der Waals surface area contributed by atoms with Crippen molar-refractivity contribution in [3.05, 3.63) is 0 Å². The molecule has 0 aliphatic rings. The SMILES string of the molecule is CC[C@H](C)[C@H](NC(=O)[C@H](C)N)C(=O)N[C@@H](C)C(=O)N[C@@H](CS)C(=O)N[C@@H](CS)C(=O)N[C@@H](CCCN=C(N)N)C(=O)N[C@@H](CCCN=C(N)N)C(=O)O. The number of rotatable bonds is 25. The van der Waals surface area contributed by atoms with E-state index in [0.29, 0.717) is 6.42 Å². The highest BCUT2D eigenvalue weighted by molar-refractivity contribution is 7.80. The molecule has 0 saturated heterocycles. The Bertz CT molecular complexity index is 1310. The van der Waals surface area contributed by atoms with Gasteiger partial charge in [0.25, 0.3) is 0 Å². The van der Waals surface area contributed by atoms with E-state index in [4.69, 9.17) is 28.7 Å². The molecule has 0 spiro atoms. The van der Waals surface area contributed by atoms with E-state index < -0.39 is 83.7 Å². The number of amides is 6. The second-order valence-electron chi connectivity index (χ2n) is 12.2. The van der Waals surface area contributed by atoms with E-state index in [2.05, 4.69) is 67.1 Å². The van der Waals surface area contributed by atoms with Crippen molar-refractivity contribution in [2.24, 2.45) is 44.6 Å². The maximum Gasteiger partial charge on any atom is 0.326 e. The van der Waals surface area contributed by atoms with Gasteiger partial charge in [0, 0.05) is 24.6 Å². The van der Waals surface area contributed by atoms with E-state index in [1.165, 1.54) is 13.8 Å². The fraction of sp³-hybridized carbons (Fsp3) is 0.700. The van der Waals surface area contributed by atoms with Crippen molar-refractivity contribution in [1.29, 1.82) is 0 Å². The molecule has 0 aliphatic carbocycles. The summed E-state index contributed by atoms with van der Waals surface area (Å²) < 4.78 is 0. The molecule has 302 valence electrons. The predicted molar refractivity (Wildman–Crippen MR) is 206 cm³/mol. The summed E-state index contributed by atoms with van der Waals surface area (Å²) in [5, 5.41) is 24.6. The Morgan fingerprint density at radius 3 is 1.43 bits per heavy atom. The maximum atomic E-state index is 13.3. The molecule has 0 rings (SSSR count). The van der Waals surface area contributed by atoms with Crippen molar-refractivity contribution < 1.29 is 38.7 Å². The number of carbonyl (C=O) groups excluding carboxylic acids is 6. The second-order valence-corrected chi connectivity index (χ2v) is 13.0. The van der Waals surface area contributed by atoms with Gasteiger partial charge in [-0.2, -0.15) is 25.3 Å². The van der Waals surface area contributed by atoms with Crippen LogP contribution in [0.1, 0.15) is 59.8 Å². The number of hydrogen-bond acceptors (Lipinski definition) is 12. The summed E-state index contributed by atoms with van der Waals surface area (Å²) in [6, 6.07) is -8.22. The zero-order valence-electron chi connectivity index (χ0n) is 30.5. The van der Waals surface area contributed by atoms with Crippen molar-refractivity contribution >= 4 is 78.6 Å². The highest BCUT2D eigenvalue weighted by Gasteiger charge is 2.32. The van der Waals surface area contributed by atoms with Crippen molar-refractivity contribution in [1.82, 2.24) is 31.9 Å². The van der Waals surface area contributed by atoms with Gasteiger partial charge in [0.05, 0.1) is 6.04 Å². The number of carbonyl (C=O) groups is 7. The lowest BCUT2D eigenvalue weighted by atomic mass is 9.97. The number of nitrogens with two attached hydrogens (primary N) is 5. The van der Waals surface area contributed by atoms with Crippen LogP contribution in [0.4, 0.5) is 0 Å². The van der Waals surface area contributed by atoms with Gasteiger partial charge in [-0.15, -0.1) is 0 Å². The molecule has 0 heterocycles. The Kier molecular flexibility index (Phi) is 23.3. The summed E-state index contributed by atoms with van der Waals surface area (Å²) in [5.41, 5.74) is 26.9. The first-order valence-electron chi connectivity index (χ1n) is 16.9. The average molecular weight is 792 g/mol. The minimum atomic E-state index is -1.34. The van der Waals surface area contributed by atoms with Crippen molar-refractivity contribution in [2.45, 2.75) is 102 Å². The van der Waals surface area contributed by atoms with E-state index in [0.717, 1.165) is 0 Å².